The Labute approximate surface area is 124 Å². The molecule has 0 fully saturated rings. The first-order valence-corrected chi connectivity index (χ1v) is 6.29. The van der Waals surface area contributed by atoms with E-state index in [4.69, 9.17) is 9.52 Å². The minimum atomic E-state index is -4.57. The van der Waals surface area contributed by atoms with Gasteiger partial charge in [0, 0.05) is 12.7 Å². The van der Waals surface area contributed by atoms with E-state index in [1.165, 1.54) is 11.9 Å². The second-order valence-corrected chi connectivity index (χ2v) is 4.72. The molecular formula is C14H13F3N2O3. The zero-order valence-electron chi connectivity index (χ0n) is 11.8. The van der Waals surface area contributed by atoms with Gasteiger partial charge in [0.2, 0.25) is 0 Å². The average Bonchev–Trinajstić information content (AvgIpc) is 2.95. The molecular weight excluding hydrogens is 301 g/mol. The highest BCUT2D eigenvalue weighted by Crippen LogP contribution is 2.32. The minimum absolute atomic E-state index is 0.202. The van der Waals surface area contributed by atoms with Crippen LogP contribution in [-0.2, 0) is 11.0 Å². The van der Waals surface area contributed by atoms with Gasteiger partial charge in [0.15, 0.2) is 5.69 Å². The molecule has 0 radical (unpaired) electrons. The van der Waals surface area contributed by atoms with E-state index in [1.807, 2.05) is 0 Å². The molecule has 0 saturated heterocycles. The highest BCUT2D eigenvalue weighted by Gasteiger charge is 2.35. The Morgan fingerprint density at radius 2 is 1.91 bits per heavy atom. The number of nitrogens with zero attached hydrogens (tertiary/aromatic N) is 2. The van der Waals surface area contributed by atoms with E-state index in [9.17, 15) is 18.0 Å². The van der Waals surface area contributed by atoms with Crippen LogP contribution in [0.3, 0.4) is 0 Å². The summed E-state index contributed by atoms with van der Waals surface area (Å²) in [5.74, 6) is -1.62. The normalized spacial score (nSPS) is 13.0. The van der Waals surface area contributed by atoms with E-state index < -0.39 is 23.8 Å². The Morgan fingerprint density at radius 3 is 2.36 bits per heavy atom. The number of carboxylic acid groups (broad SMARTS) is 1. The first-order valence-electron chi connectivity index (χ1n) is 6.29. The third kappa shape index (κ3) is 3.21. The monoisotopic (exact) mass is 314 g/mol. The van der Waals surface area contributed by atoms with Gasteiger partial charge in [-0.1, -0.05) is 12.1 Å². The van der Waals surface area contributed by atoms with Crippen LogP contribution in [0.15, 0.2) is 34.9 Å². The maximum atomic E-state index is 12.5. The summed E-state index contributed by atoms with van der Waals surface area (Å²) in [6.07, 6.45) is -4.02. The van der Waals surface area contributed by atoms with Crippen molar-refractivity contribution in [2.75, 3.05) is 11.9 Å². The number of aromatic nitrogens is 1. The van der Waals surface area contributed by atoms with E-state index in [2.05, 4.69) is 4.98 Å². The molecule has 1 atom stereocenters. The van der Waals surface area contributed by atoms with E-state index in [0.717, 1.165) is 0 Å². The fourth-order valence-electron chi connectivity index (χ4n) is 1.79. The Balaban J connectivity index is 2.21. The van der Waals surface area contributed by atoms with Gasteiger partial charge in [-0.3, -0.25) is 9.69 Å². The number of carboxylic acids is 1. The van der Waals surface area contributed by atoms with Crippen LogP contribution in [0.2, 0.25) is 0 Å². The van der Waals surface area contributed by atoms with Crippen molar-refractivity contribution in [2.45, 2.75) is 19.0 Å². The van der Waals surface area contributed by atoms with Crippen LogP contribution in [-0.4, -0.2) is 23.1 Å². The standard InChI is InChI=1S/C14H13F3N2O3/c1-8(12(20)21)9-3-5-10(6-4-9)19(2)13-18-11(7-22-13)14(15,16)17/h3-8H,1-2H3,(H,20,21). The molecule has 1 heterocycles. The summed E-state index contributed by atoms with van der Waals surface area (Å²) >= 11 is 0. The Bertz CT molecular complexity index is 665. The molecule has 1 aromatic heterocycles. The molecule has 0 aliphatic carbocycles. The molecule has 5 nitrogen and oxygen atoms in total. The molecule has 22 heavy (non-hydrogen) atoms. The Kier molecular flexibility index (Phi) is 4.11. The number of hydrogen-bond acceptors (Lipinski definition) is 4. The lowest BCUT2D eigenvalue weighted by molar-refractivity contribution is -0.141. The van der Waals surface area contributed by atoms with Crippen molar-refractivity contribution in [3.63, 3.8) is 0 Å². The van der Waals surface area contributed by atoms with Crippen molar-refractivity contribution >= 4 is 17.7 Å². The summed E-state index contributed by atoms with van der Waals surface area (Å²) in [5.41, 5.74) is 0.00965. The van der Waals surface area contributed by atoms with Crippen LogP contribution >= 0.6 is 0 Å². The van der Waals surface area contributed by atoms with Gasteiger partial charge in [-0.05, 0) is 24.6 Å². The Morgan fingerprint density at radius 1 is 1.32 bits per heavy atom. The van der Waals surface area contributed by atoms with E-state index in [1.54, 1.807) is 31.2 Å². The smallest absolute Gasteiger partial charge is 0.436 e. The summed E-state index contributed by atoms with van der Waals surface area (Å²) in [6.45, 7) is 1.55. The molecule has 1 unspecified atom stereocenters. The third-order valence-corrected chi connectivity index (χ3v) is 3.22. The first-order chi connectivity index (χ1) is 10.2. The fraction of sp³-hybridized carbons (Fsp3) is 0.286. The van der Waals surface area contributed by atoms with Crippen LogP contribution in [0, 0.1) is 0 Å². The molecule has 0 amide bonds. The number of alkyl halides is 3. The lowest BCUT2D eigenvalue weighted by Gasteiger charge is -2.15. The summed E-state index contributed by atoms with van der Waals surface area (Å²) < 4.78 is 42.3. The van der Waals surface area contributed by atoms with Gasteiger partial charge in [-0.25, -0.2) is 0 Å². The van der Waals surface area contributed by atoms with Crippen molar-refractivity contribution < 1.29 is 27.5 Å². The molecule has 2 rings (SSSR count). The largest absolute Gasteiger partial charge is 0.481 e. The topological polar surface area (TPSA) is 66.6 Å². The van der Waals surface area contributed by atoms with Crippen LogP contribution in [0.1, 0.15) is 24.1 Å². The molecule has 0 aliphatic heterocycles. The van der Waals surface area contributed by atoms with Crippen molar-refractivity contribution in [3.8, 4) is 0 Å². The predicted octanol–water partition coefficient (Wildman–Crippen LogP) is 3.65. The first kappa shape index (κ1) is 15.9. The number of hydrogen-bond donors (Lipinski definition) is 1. The van der Waals surface area contributed by atoms with Gasteiger partial charge in [0.05, 0.1) is 5.92 Å². The average molecular weight is 314 g/mol. The number of aliphatic carboxylic acids is 1. The second kappa shape index (κ2) is 5.70. The van der Waals surface area contributed by atoms with Gasteiger partial charge in [0.25, 0.3) is 0 Å². The molecule has 0 aliphatic rings. The van der Waals surface area contributed by atoms with Crippen molar-refractivity contribution in [3.05, 3.63) is 41.8 Å². The van der Waals surface area contributed by atoms with E-state index in [-0.39, 0.29) is 6.01 Å². The lowest BCUT2D eigenvalue weighted by atomic mass is 10.0. The third-order valence-electron chi connectivity index (χ3n) is 3.22. The second-order valence-electron chi connectivity index (χ2n) is 4.72. The quantitative estimate of drug-likeness (QED) is 0.933. The maximum Gasteiger partial charge on any atom is 0.436 e. The van der Waals surface area contributed by atoms with Crippen molar-refractivity contribution in [2.24, 2.45) is 0 Å². The van der Waals surface area contributed by atoms with Gasteiger partial charge in [0.1, 0.15) is 6.26 Å². The van der Waals surface area contributed by atoms with Crippen molar-refractivity contribution in [1.29, 1.82) is 0 Å². The summed E-state index contributed by atoms with van der Waals surface area (Å²) in [6, 6.07) is 6.17. The van der Waals surface area contributed by atoms with E-state index >= 15 is 0 Å². The van der Waals surface area contributed by atoms with Crippen molar-refractivity contribution in [1.82, 2.24) is 4.98 Å². The summed E-state index contributed by atoms with van der Waals surface area (Å²) in [5, 5.41) is 8.93. The molecule has 0 saturated carbocycles. The molecule has 0 bridgehead atoms. The van der Waals surface area contributed by atoms with Crippen LogP contribution in [0.25, 0.3) is 0 Å². The lowest BCUT2D eigenvalue weighted by Crippen LogP contribution is -2.12. The molecule has 2 aromatic rings. The minimum Gasteiger partial charge on any atom is -0.481 e. The zero-order valence-corrected chi connectivity index (χ0v) is 11.8. The zero-order chi connectivity index (χ0) is 16.5. The Hall–Kier alpha value is -2.51. The van der Waals surface area contributed by atoms with E-state index in [0.29, 0.717) is 17.5 Å². The van der Waals surface area contributed by atoms with Gasteiger partial charge in [-0.2, -0.15) is 18.2 Å². The predicted molar refractivity (Wildman–Crippen MR) is 72.1 cm³/mol. The summed E-state index contributed by atoms with van der Waals surface area (Å²) in [7, 11) is 1.50. The van der Waals surface area contributed by atoms with Gasteiger partial charge in [-0.15, -0.1) is 0 Å². The van der Waals surface area contributed by atoms with Crippen LogP contribution in [0.4, 0.5) is 24.9 Å². The van der Waals surface area contributed by atoms with Crippen LogP contribution in [0.5, 0.6) is 0 Å². The number of halogens is 3. The van der Waals surface area contributed by atoms with Gasteiger partial charge >= 0.3 is 18.2 Å². The highest BCUT2D eigenvalue weighted by atomic mass is 19.4. The molecule has 1 aromatic carbocycles. The molecule has 0 spiro atoms. The number of oxazole rings is 1. The number of anilines is 2. The number of carbonyl (C=O) groups is 1. The van der Waals surface area contributed by atoms with Crippen LogP contribution < -0.4 is 4.90 Å². The van der Waals surface area contributed by atoms with Gasteiger partial charge < -0.3 is 9.52 Å². The molecule has 8 heteroatoms. The SMILES string of the molecule is CC(C(=O)O)c1ccc(N(C)c2nc(C(F)(F)F)co2)cc1. The highest BCUT2D eigenvalue weighted by molar-refractivity contribution is 5.75. The number of rotatable bonds is 4. The molecule has 1 N–H and O–H groups in total. The molecule has 118 valence electrons. The fourth-order valence-corrected chi connectivity index (χ4v) is 1.79. The number of benzene rings is 1. The maximum absolute atomic E-state index is 12.5. The summed E-state index contributed by atoms with van der Waals surface area (Å²) in [4.78, 5) is 15.6.